The van der Waals surface area contributed by atoms with Gasteiger partial charge < -0.3 is 10.6 Å². The Kier molecular flexibility index (Phi) is 3.49. The number of nitrogen functional groups attached to an aromatic ring is 1. The molecule has 0 saturated carbocycles. The minimum atomic E-state index is 0.158. The fourth-order valence-corrected chi connectivity index (χ4v) is 3.18. The fourth-order valence-electron chi connectivity index (χ4n) is 2.04. The van der Waals surface area contributed by atoms with Gasteiger partial charge >= 0.3 is 0 Å². The Labute approximate surface area is 100 Å². The molecule has 1 aromatic heterocycles. The molecule has 0 aromatic carbocycles. The van der Waals surface area contributed by atoms with Crippen LogP contribution in [0.4, 0.5) is 10.7 Å². The topological polar surface area (TPSA) is 46.3 Å². The summed E-state index contributed by atoms with van der Waals surface area (Å²) in [5.41, 5.74) is 6.54. The molecule has 1 aliphatic rings. The summed E-state index contributed by atoms with van der Waals surface area (Å²) in [5.74, 6) is 0.158. The number of nitrogens with zero attached hydrogens (tertiary/aromatic N) is 1. The SMILES string of the molecule is CCC(=O)c1sc(N2CCCCC2)cc1N. The van der Waals surface area contributed by atoms with Crippen LogP contribution in [0, 0.1) is 0 Å². The monoisotopic (exact) mass is 238 g/mol. The molecule has 2 N–H and O–H groups in total. The molecule has 1 saturated heterocycles. The third-order valence-electron chi connectivity index (χ3n) is 2.99. The van der Waals surface area contributed by atoms with Gasteiger partial charge in [-0.15, -0.1) is 11.3 Å². The Balaban J connectivity index is 2.19. The summed E-state index contributed by atoms with van der Waals surface area (Å²) >= 11 is 1.55. The van der Waals surface area contributed by atoms with Crippen LogP contribution in [-0.4, -0.2) is 18.9 Å². The molecular formula is C12H18N2OS. The molecule has 2 rings (SSSR count). The minimum Gasteiger partial charge on any atom is -0.397 e. The van der Waals surface area contributed by atoms with E-state index in [4.69, 9.17) is 5.73 Å². The lowest BCUT2D eigenvalue weighted by Gasteiger charge is -2.26. The summed E-state index contributed by atoms with van der Waals surface area (Å²) in [6.07, 6.45) is 4.34. The van der Waals surface area contributed by atoms with Crippen LogP contribution in [0.3, 0.4) is 0 Å². The number of anilines is 2. The number of thiophene rings is 1. The number of hydrogen-bond acceptors (Lipinski definition) is 4. The van der Waals surface area contributed by atoms with E-state index in [1.807, 2.05) is 13.0 Å². The molecule has 1 aromatic rings. The smallest absolute Gasteiger partial charge is 0.174 e. The summed E-state index contributed by atoms with van der Waals surface area (Å²) in [5, 5.41) is 1.16. The van der Waals surface area contributed by atoms with E-state index in [0.29, 0.717) is 12.1 Å². The molecule has 1 fully saturated rings. The zero-order valence-electron chi connectivity index (χ0n) is 9.66. The fraction of sp³-hybridized carbons (Fsp3) is 0.583. The van der Waals surface area contributed by atoms with Crippen LogP contribution in [0.1, 0.15) is 42.3 Å². The second kappa shape index (κ2) is 4.87. The molecule has 0 bridgehead atoms. The first-order valence-corrected chi connectivity index (χ1v) is 6.71. The van der Waals surface area contributed by atoms with Crippen LogP contribution in [0.25, 0.3) is 0 Å². The van der Waals surface area contributed by atoms with Gasteiger partial charge in [0.2, 0.25) is 0 Å². The van der Waals surface area contributed by atoms with Crippen molar-refractivity contribution in [2.45, 2.75) is 32.6 Å². The Hall–Kier alpha value is -1.03. The van der Waals surface area contributed by atoms with E-state index < -0.39 is 0 Å². The average molecular weight is 238 g/mol. The van der Waals surface area contributed by atoms with Crippen molar-refractivity contribution in [1.82, 2.24) is 0 Å². The van der Waals surface area contributed by atoms with Crippen molar-refractivity contribution in [3.8, 4) is 0 Å². The number of rotatable bonds is 3. The van der Waals surface area contributed by atoms with E-state index in [0.717, 1.165) is 23.0 Å². The van der Waals surface area contributed by atoms with Gasteiger partial charge in [0.25, 0.3) is 0 Å². The molecule has 0 aliphatic carbocycles. The van der Waals surface area contributed by atoms with Gasteiger partial charge in [-0.2, -0.15) is 0 Å². The highest BCUT2D eigenvalue weighted by Gasteiger charge is 2.17. The first-order valence-electron chi connectivity index (χ1n) is 5.90. The largest absolute Gasteiger partial charge is 0.397 e. The third-order valence-corrected chi connectivity index (χ3v) is 4.24. The minimum absolute atomic E-state index is 0.158. The number of hydrogen-bond donors (Lipinski definition) is 1. The van der Waals surface area contributed by atoms with Gasteiger partial charge in [-0.25, -0.2) is 0 Å². The Bertz CT molecular complexity index is 380. The maximum absolute atomic E-state index is 11.6. The highest BCUT2D eigenvalue weighted by atomic mass is 32.1. The number of ketones is 1. The maximum atomic E-state index is 11.6. The molecule has 1 aliphatic heterocycles. The molecule has 0 unspecified atom stereocenters. The molecule has 0 radical (unpaired) electrons. The van der Waals surface area contributed by atoms with Crippen molar-refractivity contribution in [2.24, 2.45) is 0 Å². The van der Waals surface area contributed by atoms with Gasteiger partial charge in [0.15, 0.2) is 5.78 Å². The van der Waals surface area contributed by atoms with Crippen molar-refractivity contribution in [2.75, 3.05) is 23.7 Å². The zero-order chi connectivity index (χ0) is 11.5. The molecule has 3 nitrogen and oxygen atoms in total. The van der Waals surface area contributed by atoms with Gasteiger partial charge in [-0.1, -0.05) is 6.92 Å². The summed E-state index contributed by atoms with van der Waals surface area (Å²) in [7, 11) is 0. The molecule has 2 heterocycles. The average Bonchev–Trinajstić information content (AvgIpc) is 2.71. The summed E-state index contributed by atoms with van der Waals surface area (Å²) in [6.45, 7) is 4.07. The lowest BCUT2D eigenvalue weighted by Crippen LogP contribution is -2.28. The predicted octanol–water partition coefficient (Wildman–Crippen LogP) is 2.91. The molecule has 88 valence electrons. The first-order chi connectivity index (χ1) is 7.72. The van der Waals surface area contributed by atoms with Gasteiger partial charge in [-0.3, -0.25) is 4.79 Å². The zero-order valence-corrected chi connectivity index (χ0v) is 10.5. The number of piperidine rings is 1. The highest BCUT2D eigenvalue weighted by Crippen LogP contribution is 2.34. The van der Waals surface area contributed by atoms with Crippen LogP contribution >= 0.6 is 11.3 Å². The molecule has 0 amide bonds. The number of nitrogens with two attached hydrogens (primary N) is 1. The van der Waals surface area contributed by atoms with Crippen molar-refractivity contribution >= 4 is 27.8 Å². The van der Waals surface area contributed by atoms with Crippen LogP contribution in [0.5, 0.6) is 0 Å². The van der Waals surface area contributed by atoms with Crippen molar-refractivity contribution in [3.63, 3.8) is 0 Å². The number of carbonyl (C=O) groups is 1. The molecule has 4 heteroatoms. The Morgan fingerprint density at radius 2 is 2.12 bits per heavy atom. The van der Waals surface area contributed by atoms with E-state index in [9.17, 15) is 4.79 Å². The lowest BCUT2D eigenvalue weighted by atomic mass is 10.1. The van der Waals surface area contributed by atoms with Gasteiger partial charge in [-0.05, 0) is 25.3 Å². The van der Waals surface area contributed by atoms with Gasteiger partial charge in [0, 0.05) is 19.5 Å². The van der Waals surface area contributed by atoms with Crippen LogP contribution in [0.15, 0.2) is 6.07 Å². The number of carbonyl (C=O) groups excluding carboxylic acids is 1. The summed E-state index contributed by atoms with van der Waals surface area (Å²) in [4.78, 5) is 14.7. The van der Waals surface area contributed by atoms with E-state index in [1.54, 1.807) is 11.3 Å². The third kappa shape index (κ3) is 2.21. The molecular weight excluding hydrogens is 220 g/mol. The predicted molar refractivity (Wildman–Crippen MR) is 69.4 cm³/mol. The second-order valence-electron chi connectivity index (χ2n) is 4.19. The quantitative estimate of drug-likeness (QED) is 0.824. The van der Waals surface area contributed by atoms with Crippen LogP contribution < -0.4 is 10.6 Å². The summed E-state index contributed by atoms with van der Waals surface area (Å²) < 4.78 is 0. The van der Waals surface area contributed by atoms with Crippen molar-refractivity contribution in [1.29, 1.82) is 0 Å². The van der Waals surface area contributed by atoms with Crippen LogP contribution in [0.2, 0.25) is 0 Å². The standard InChI is InChI=1S/C12H18N2OS/c1-2-10(15)12-9(13)8-11(16-12)14-6-4-3-5-7-14/h8H,2-7,13H2,1H3. The Morgan fingerprint density at radius 1 is 1.44 bits per heavy atom. The lowest BCUT2D eigenvalue weighted by molar-refractivity contribution is 0.0993. The van der Waals surface area contributed by atoms with E-state index >= 15 is 0 Å². The van der Waals surface area contributed by atoms with E-state index in [2.05, 4.69) is 4.90 Å². The molecule has 0 atom stereocenters. The van der Waals surface area contributed by atoms with Crippen LogP contribution in [-0.2, 0) is 0 Å². The van der Waals surface area contributed by atoms with Crippen molar-refractivity contribution in [3.05, 3.63) is 10.9 Å². The summed E-state index contributed by atoms with van der Waals surface area (Å²) in [6, 6.07) is 1.96. The second-order valence-corrected chi connectivity index (χ2v) is 5.22. The van der Waals surface area contributed by atoms with E-state index in [1.165, 1.54) is 19.3 Å². The normalized spacial score (nSPS) is 16.4. The van der Waals surface area contributed by atoms with Crippen molar-refractivity contribution < 1.29 is 4.79 Å². The Morgan fingerprint density at radius 3 is 2.75 bits per heavy atom. The van der Waals surface area contributed by atoms with E-state index in [-0.39, 0.29) is 5.78 Å². The highest BCUT2D eigenvalue weighted by molar-refractivity contribution is 7.18. The number of Topliss-reactive ketones (excluding diaryl/α,β-unsaturated/α-hetero) is 1. The first kappa shape index (κ1) is 11.5. The maximum Gasteiger partial charge on any atom is 0.174 e. The molecule has 0 spiro atoms. The van der Waals surface area contributed by atoms with Gasteiger partial charge in [0.1, 0.15) is 0 Å². The molecule has 16 heavy (non-hydrogen) atoms. The van der Waals surface area contributed by atoms with Gasteiger partial charge in [0.05, 0.1) is 15.6 Å².